The maximum atomic E-state index is 12.2. The number of aromatic nitrogens is 1. The lowest BCUT2D eigenvalue weighted by molar-refractivity contribution is -0.385. The highest BCUT2D eigenvalue weighted by Crippen LogP contribution is 2.21. The van der Waals surface area contributed by atoms with Gasteiger partial charge in [-0.05, 0) is 18.8 Å². The SMILES string of the molecule is O=C(c1cc([N+](=O)[O-])c[nH]c1=O)N1CCC(CCO)C1. The van der Waals surface area contributed by atoms with Crippen LogP contribution in [0.25, 0.3) is 0 Å². The minimum atomic E-state index is -0.661. The minimum Gasteiger partial charge on any atom is -0.396 e. The van der Waals surface area contributed by atoms with Crippen molar-refractivity contribution in [1.29, 1.82) is 0 Å². The predicted molar refractivity (Wildman–Crippen MR) is 69.4 cm³/mol. The third-order valence-corrected chi connectivity index (χ3v) is 3.44. The molecular weight excluding hydrogens is 266 g/mol. The molecule has 1 aromatic heterocycles. The molecule has 20 heavy (non-hydrogen) atoms. The summed E-state index contributed by atoms with van der Waals surface area (Å²) in [5.74, 6) is -0.294. The van der Waals surface area contributed by atoms with Crippen LogP contribution in [0.5, 0.6) is 0 Å². The van der Waals surface area contributed by atoms with Crippen molar-refractivity contribution in [3.05, 3.63) is 38.3 Å². The summed E-state index contributed by atoms with van der Waals surface area (Å²) in [6, 6.07) is 1.00. The van der Waals surface area contributed by atoms with Gasteiger partial charge in [0.1, 0.15) is 5.56 Å². The van der Waals surface area contributed by atoms with Crippen LogP contribution in [0.4, 0.5) is 5.69 Å². The fourth-order valence-corrected chi connectivity index (χ4v) is 2.34. The number of amides is 1. The van der Waals surface area contributed by atoms with Crippen LogP contribution in [-0.2, 0) is 0 Å². The first-order valence-electron chi connectivity index (χ1n) is 6.30. The lowest BCUT2D eigenvalue weighted by Gasteiger charge is -2.15. The molecule has 0 radical (unpaired) electrons. The maximum Gasteiger partial charge on any atom is 0.286 e. The summed E-state index contributed by atoms with van der Waals surface area (Å²) in [5.41, 5.74) is -1.17. The van der Waals surface area contributed by atoms with E-state index < -0.39 is 16.4 Å². The van der Waals surface area contributed by atoms with Gasteiger partial charge in [0.05, 0.1) is 11.1 Å². The number of nitrogens with one attached hydrogen (secondary N) is 1. The average molecular weight is 281 g/mol. The number of nitrogens with zero attached hydrogens (tertiary/aromatic N) is 2. The third kappa shape index (κ3) is 2.85. The van der Waals surface area contributed by atoms with Crippen LogP contribution in [-0.4, -0.2) is 45.5 Å². The number of hydrogen-bond donors (Lipinski definition) is 2. The van der Waals surface area contributed by atoms with E-state index >= 15 is 0 Å². The second kappa shape index (κ2) is 5.83. The Morgan fingerprint density at radius 3 is 3.00 bits per heavy atom. The van der Waals surface area contributed by atoms with Gasteiger partial charge in [0.25, 0.3) is 17.2 Å². The molecule has 2 heterocycles. The standard InChI is InChI=1S/C12H15N3O5/c16-4-2-8-1-3-14(7-8)12(18)10-5-9(15(19)20)6-13-11(10)17/h5-6,8,16H,1-4,7H2,(H,13,17). The highest BCUT2D eigenvalue weighted by Gasteiger charge is 2.28. The number of aromatic amines is 1. The molecule has 1 unspecified atom stereocenters. The normalized spacial score (nSPS) is 18.2. The molecule has 1 saturated heterocycles. The summed E-state index contributed by atoms with van der Waals surface area (Å²) in [5, 5.41) is 19.6. The van der Waals surface area contributed by atoms with Crippen LogP contribution in [0, 0.1) is 16.0 Å². The Balaban J connectivity index is 2.19. The van der Waals surface area contributed by atoms with Crippen molar-refractivity contribution in [1.82, 2.24) is 9.88 Å². The van der Waals surface area contributed by atoms with Gasteiger partial charge in [0.15, 0.2) is 0 Å². The number of rotatable bonds is 4. The van der Waals surface area contributed by atoms with Crippen LogP contribution in [0.15, 0.2) is 17.1 Å². The summed E-state index contributed by atoms with van der Waals surface area (Å²) in [7, 11) is 0. The Bertz CT molecular complexity index is 583. The zero-order valence-electron chi connectivity index (χ0n) is 10.7. The van der Waals surface area contributed by atoms with Crippen LogP contribution in [0.2, 0.25) is 0 Å². The zero-order chi connectivity index (χ0) is 14.7. The molecule has 0 saturated carbocycles. The van der Waals surface area contributed by atoms with Crippen LogP contribution in [0.3, 0.4) is 0 Å². The molecular formula is C12H15N3O5. The van der Waals surface area contributed by atoms with Crippen molar-refractivity contribution in [3.63, 3.8) is 0 Å². The summed E-state index contributed by atoms with van der Waals surface area (Å²) in [6.07, 6.45) is 2.34. The van der Waals surface area contributed by atoms with E-state index in [-0.39, 0.29) is 23.8 Å². The van der Waals surface area contributed by atoms with E-state index in [4.69, 9.17) is 5.11 Å². The number of hydrogen-bond acceptors (Lipinski definition) is 5. The Kier molecular flexibility index (Phi) is 4.14. The summed E-state index contributed by atoms with van der Waals surface area (Å²) >= 11 is 0. The van der Waals surface area contributed by atoms with Crippen molar-refractivity contribution < 1.29 is 14.8 Å². The lowest BCUT2D eigenvalue weighted by Crippen LogP contribution is -2.33. The minimum absolute atomic E-state index is 0.0596. The number of aliphatic hydroxyl groups excluding tert-OH is 1. The van der Waals surface area contributed by atoms with Crippen molar-refractivity contribution in [2.75, 3.05) is 19.7 Å². The number of H-pyrrole nitrogens is 1. The zero-order valence-corrected chi connectivity index (χ0v) is 10.7. The second-order valence-electron chi connectivity index (χ2n) is 4.78. The third-order valence-electron chi connectivity index (χ3n) is 3.44. The molecule has 1 aliphatic rings. The second-order valence-corrected chi connectivity index (χ2v) is 4.78. The van der Waals surface area contributed by atoms with E-state index in [2.05, 4.69) is 4.98 Å². The summed E-state index contributed by atoms with van der Waals surface area (Å²) < 4.78 is 0. The molecule has 2 N–H and O–H groups in total. The molecule has 0 aromatic carbocycles. The van der Waals surface area contributed by atoms with E-state index in [0.717, 1.165) is 18.7 Å². The monoisotopic (exact) mass is 281 g/mol. The molecule has 1 aromatic rings. The molecule has 2 rings (SSSR count). The molecule has 0 spiro atoms. The number of aliphatic hydroxyl groups is 1. The molecule has 8 nitrogen and oxygen atoms in total. The van der Waals surface area contributed by atoms with Gasteiger partial charge in [-0.15, -0.1) is 0 Å². The fraction of sp³-hybridized carbons (Fsp3) is 0.500. The molecule has 108 valence electrons. The molecule has 8 heteroatoms. The number of pyridine rings is 1. The Morgan fingerprint density at radius 1 is 1.60 bits per heavy atom. The summed E-state index contributed by atoms with van der Waals surface area (Å²) in [4.78, 5) is 37.6. The van der Waals surface area contributed by atoms with Gasteiger partial charge in [-0.3, -0.25) is 19.7 Å². The van der Waals surface area contributed by atoms with Crippen molar-refractivity contribution in [3.8, 4) is 0 Å². The maximum absolute atomic E-state index is 12.2. The van der Waals surface area contributed by atoms with Crippen LogP contribution < -0.4 is 5.56 Å². The smallest absolute Gasteiger partial charge is 0.286 e. The van der Waals surface area contributed by atoms with E-state index in [9.17, 15) is 19.7 Å². The Labute approximate surface area is 114 Å². The van der Waals surface area contributed by atoms with Gasteiger partial charge < -0.3 is 15.0 Å². The molecule has 0 bridgehead atoms. The molecule has 0 aliphatic carbocycles. The fourth-order valence-electron chi connectivity index (χ4n) is 2.34. The van der Waals surface area contributed by atoms with Gasteiger partial charge in [-0.2, -0.15) is 0 Å². The average Bonchev–Trinajstić information content (AvgIpc) is 2.87. The van der Waals surface area contributed by atoms with Crippen LogP contribution >= 0.6 is 0 Å². The predicted octanol–water partition coefficient (Wildman–Crippen LogP) is 0.128. The number of carbonyl (C=O) groups excluding carboxylic acids is 1. The van der Waals surface area contributed by atoms with Gasteiger partial charge >= 0.3 is 0 Å². The van der Waals surface area contributed by atoms with Crippen molar-refractivity contribution in [2.45, 2.75) is 12.8 Å². The van der Waals surface area contributed by atoms with Crippen molar-refractivity contribution in [2.24, 2.45) is 5.92 Å². The first-order valence-corrected chi connectivity index (χ1v) is 6.30. The summed E-state index contributed by atoms with van der Waals surface area (Å²) in [6.45, 7) is 1.01. The number of carbonyl (C=O) groups is 1. The van der Waals surface area contributed by atoms with E-state index in [0.29, 0.717) is 19.5 Å². The molecule has 1 amide bonds. The number of likely N-dealkylation sites (tertiary alicyclic amines) is 1. The Hall–Kier alpha value is -2.22. The highest BCUT2D eigenvalue weighted by atomic mass is 16.6. The molecule has 1 aliphatic heterocycles. The first-order chi connectivity index (χ1) is 9.52. The van der Waals surface area contributed by atoms with Gasteiger partial charge in [0.2, 0.25) is 0 Å². The largest absolute Gasteiger partial charge is 0.396 e. The van der Waals surface area contributed by atoms with Crippen molar-refractivity contribution >= 4 is 11.6 Å². The Morgan fingerprint density at radius 2 is 2.35 bits per heavy atom. The van der Waals surface area contributed by atoms with Gasteiger partial charge in [0, 0.05) is 25.8 Å². The van der Waals surface area contributed by atoms with E-state index in [1.807, 2.05) is 0 Å². The van der Waals surface area contributed by atoms with E-state index in [1.165, 1.54) is 4.90 Å². The molecule has 1 fully saturated rings. The topological polar surface area (TPSA) is 117 Å². The van der Waals surface area contributed by atoms with Gasteiger partial charge in [-0.25, -0.2) is 0 Å². The first kappa shape index (κ1) is 14.2. The lowest BCUT2D eigenvalue weighted by atomic mass is 10.1. The molecule has 1 atom stereocenters. The van der Waals surface area contributed by atoms with Gasteiger partial charge in [-0.1, -0.05) is 0 Å². The quantitative estimate of drug-likeness (QED) is 0.601. The highest BCUT2D eigenvalue weighted by molar-refractivity contribution is 5.94. The number of nitro groups is 1. The van der Waals surface area contributed by atoms with E-state index in [1.54, 1.807) is 0 Å². The van der Waals surface area contributed by atoms with Crippen LogP contribution in [0.1, 0.15) is 23.2 Å².